The number of aromatic nitrogens is 2. The predicted molar refractivity (Wildman–Crippen MR) is 67.8 cm³/mol. The third kappa shape index (κ3) is 4.12. The number of likely N-dealkylation sites (N-methyl/N-ethyl adjacent to an activating group) is 1. The van der Waals surface area contributed by atoms with Crippen LogP contribution in [-0.4, -0.2) is 41.4 Å². The predicted octanol–water partition coefficient (Wildman–Crippen LogP) is 1.60. The second-order valence-electron chi connectivity index (χ2n) is 4.50. The molecule has 1 N–H and O–H groups in total. The van der Waals surface area contributed by atoms with Crippen LogP contribution in [0.2, 0.25) is 5.02 Å². The van der Waals surface area contributed by atoms with E-state index in [1.54, 1.807) is 6.20 Å². The van der Waals surface area contributed by atoms with Gasteiger partial charge in [0.05, 0.1) is 23.5 Å². The van der Waals surface area contributed by atoms with Gasteiger partial charge in [-0.3, -0.25) is 4.68 Å². The maximum atomic E-state index is 6.11. The highest BCUT2D eigenvalue weighted by Gasteiger charge is 2.09. The second-order valence-corrected chi connectivity index (χ2v) is 4.91. The van der Waals surface area contributed by atoms with Crippen molar-refractivity contribution in [2.24, 2.45) is 0 Å². The van der Waals surface area contributed by atoms with E-state index in [2.05, 4.69) is 43.3 Å². The van der Waals surface area contributed by atoms with Crippen LogP contribution in [0.3, 0.4) is 0 Å². The fraction of sp³-hybridized carbons (Fsp3) is 0.727. The van der Waals surface area contributed by atoms with Crippen LogP contribution in [0.15, 0.2) is 6.20 Å². The van der Waals surface area contributed by atoms with E-state index >= 15 is 0 Å². The van der Waals surface area contributed by atoms with Crippen LogP contribution in [-0.2, 0) is 13.1 Å². The van der Waals surface area contributed by atoms with Gasteiger partial charge < -0.3 is 10.2 Å². The van der Waals surface area contributed by atoms with Gasteiger partial charge in [-0.2, -0.15) is 5.10 Å². The zero-order valence-electron chi connectivity index (χ0n) is 10.5. The van der Waals surface area contributed by atoms with Gasteiger partial charge in [-0.25, -0.2) is 0 Å². The van der Waals surface area contributed by atoms with Crippen molar-refractivity contribution in [3.8, 4) is 0 Å². The van der Waals surface area contributed by atoms with Crippen LogP contribution in [0.4, 0.5) is 0 Å². The molecule has 5 heteroatoms. The summed E-state index contributed by atoms with van der Waals surface area (Å²) in [5, 5.41) is 8.38. The monoisotopic (exact) mass is 244 g/mol. The summed E-state index contributed by atoms with van der Waals surface area (Å²) >= 11 is 6.11. The lowest BCUT2D eigenvalue weighted by molar-refractivity contribution is 0.367. The Labute approximate surface area is 103 Å². The molecule has 0 amide bonds. The molecule has 16 heavy (non-hydrogen) atoms. The van der Waals surface area contributed by atoms with E-state index in [-0.39, 0.29) is 0 Å². The molecule has 0 aliphatic rings. The molecule has 0 unspecified atom stereocenters. The zero-order chi connectivity index (χ0) is 12.1. The minimum Gasteiger partial charge on any atom is -0.309 e. The summed E-state index contributed by atoms with van der Waals surface area (Å²) < 4.78 is 1.97. The van der Waals surface area contributed by atoms with Gasteiger partial charge in [-0.1, -0.05) is 25.4 Å². The van der Waals surface area contributed by atoms with Gasteiger partial charge in [0.15, 0.2) is 0 Å². The highest BCUT2D eigenvalue weighted by molar-refractivity contribution is 6.31. The summed E-state index contributed by atoms with van der Waals surface area (Å²) in [6, 6.07) is 0.452. The Hall–Kier alpha value is -0.580. The third-order valence-corrected chi connectivity index (χ3v) is 2.65. The minimum absolute atomic E-state index is 0.452. The molecule has 1 rings (SSSR count). The van der Waals surface area contributed by atoms with E-state index in [0.717, 1.165) is 30.4 Å². The summed E-state index contributed by atoms with van der Waals surface area (Å²) in [7, 11) is 4.11. The molecule has 0 radical (unpaired) electrons. The number of nitrogens with zero attached hydrogens (tertiary/aromatic N) is 3. The van der Waals surface area contributed by atoms with Crippen molar-refractivity contribution in [2.45, 2.75) is 33.0 Å². The molecular formula is C11H21ClN4. The molecule has 0 atom stereocenters. The van der Waals surface area contributed by atoms with Gasteiger partial charge in [0.2, 0.25) is 0 Å². The molecule has 0 spiro atoms. The van der Waals surface area contributed by atoms with Crippen molar-refractivity contribution in [3.63, 3.8) is 0 Å². The van der Waals surface area contributed by atoms with Gasteiger partial charge in [-0.15, -0.1) is 0 Å². The Morgan fingerprint density at radius 2 is 2.19 bits per heavy atom. The van der Waals surface area contributed by atoms with Crippen molar-refractivity contribution >= 4 is 11.6 Å². The first kappa shape index (κ1) is 13.5. The molecule has 4 nitrogen and oxygen atoms in total. The van der Waals surface area contributed by atoms with Crippen LogP contribution < -0.4 is 5.32 Å². The zero-order valence-corrected chi connectivity index (χ0v) is 11.3. The molecular weight excluding hydrogens is 224 g/mol. The molecule has 0 fully saturated rings. The van der Waals surface area contributed by atoms with E-state index in [1.165, 1.54) is 0 Å². The maximum Gasteiger partial charge on any atom is 0.0831 e. The molecule has 92 valence electrons. The summed E-state index contributed by atoms with van der Waals surface area (Å²) in [4.78, 5) is 2.13. The summed E-state index contributed by atoms with van der Waals surface area (Å²) in [6.45, 7) is 6.84. The Kier molecular flexibility index (Phi) is 5.25. The van der Waals surface area contributed by atoms with Gasteiger partial charge in [-0.05, 0) is 14.1 Å². The van der Waals surface area contributed by atoms with Crippen LogP contribution in [0.5, 0.6) is 0 Å². The Balaban J connectivity index is 2.62. The molecule has 0 aliphatic heterocycles. The SMILES string of the molecule is CC(C)NCc1c(Cl)cnn1CCN(C)C. The smallest absolute Gasteiger partial charge is 0.0831 e. The van der Waals surface area contributed by atoms with Crippen LogP contribution in [0.1, 0.15) is 19.5 Å². The van der Waals surface area contributed by atoms with E-state index in [4.69, 9.17) is 11.6 Å². The van der Waals surface area contributed by atoms with Gasteiger partial charge in [0.25, 0.3) is 0 Å². The first-order chi connectivity index (χ1) is 7.50. The Morgan fingerprint density at radius 1 is 1.50 bits per heavy atom. The van der Waals surface area contributed by atoms with Crippen LogP contribution >= 0.6 is 11.6 Å². The topological polar surface area (TPSA) is 33.1 Å². The van der Waals surface area contributed by atoms with Gasteiger partial charge in [0, 0.05) is 19.1 Å². The van der Waals surface area contributed by atoms with Crippen molar-refractivity contribution in [3.05, 3.63) is 16.9 Å². The average Bonchev–Trinajstić information content (AvgIpc) is 2.53. The summed E-state index contributed by atoms with van der Waals surface area (Å²) in [5.41, 5.74) is 1.07. The van der Waals surface area contributed by atoms with Crippen LogP contribution in [0.25, 0.3) is 0 Å². The minimum atomic E-state index is 0.452. The molecule has 0 bridgehead atoms. The highest BCUT2D eigenvalue weighted by Crippen LogP contribution is 2.14. The number of hydrogen-bond donors (Lipinski definition) is 1. The first-order valence-corrected chi connectivity index (χ1v) is 5.96. The Bertz CT molecular complexity index is 320. The average molecular weight is 245 g/mol. The quantitative estimate of drug-likeness (QED) is 0.825. The van der Waals surface area contributed by atoms with E-state index in [1.807, 2.05) is 4.68 Å². The van der Waals surface area contributed by atoms with E-state index < -0.39 is 0 Å². The lowest BCUT2D eigenvalue weighted by atomic mass is 10.3. The van der Waals surface area contributed by atoms with E-state index in [9.17, 15) is 0 Å². The molecule has 1 aromatic heterocycles. The van der Waals surface area contributed by atoms with Crippen molar-refractivity contribution in [1.29, 1.82) is 0 Å². The van der Waals surface area contributed by atoms with Gasteiger partial charge in [0.1, 0.15) is 0 Å². The lowest BCUT2D eigenvalue weighted by Gasteiger charge is -2.13. The summed E-state index contributed by atoms with van der Waals surface area (Å²) in [5.74, 6) is 0. The molecule has 0 saturated heterocycles. The maximum absolute atomic E-state index is 6.11. The molecule has 0 saturated carbocycles. The molecule has 1 aromatic rings. The fourth-order valence-corrected chi connectivity index (χ4v) is 1.56. The summed E-state index contributed by atoms with van der Waals surface area (Å²) in [6.07, 6.45) is 1.72. The number of halogens is 1. The largest absolute Gasteiger partial charge is 0.309 e. The molecule has 1 heterocycles. The van der Waals surface area contributed by atoms with Crippen molar-refractivity contribution in [1.82, 2.24) is 20.0 Å². The molecule has 0 aromatic carbocycles. The normalized spacial score (nSPS) is 11.7. The number of nitrogens with one attached hydrogen (secondary N) is 1. The second kappa shape index (κ2) is 6.23. The Morgan fingerprint density at radius 3 is 2.75 bits per heavy atom. The van der Waals surface area contributed by atoms with Crippen molar-refractivity contribution in [2.75, 3.05) is 20.6 Å². The standard InChI is InChI=1S/C11H21ClN4/c1-9(2)13-8-11-10(12)7-14-16(11)6-5-15(3)4/h7,9,13H,5-6,8H2,1-4H3. The molecule has 0 aliphatic carbocycles. The van der Waals surface area contributed by atoms with E-state index in [0.29, 0.717) is 6.04 Å². The number of rotatable bonds is 6. The highest BCUT2D eigenvalue weighted by atomic mass is 35.5. The number of hydrogen-bond acceptors (Lipinski definition) is 3. The third-order valence-electron chi connectivity index (χ3n) is 2.33. The van der Waals surface area contributed by atoms with Crippen LogP contribution in [0, 0.1) is 0 Å². The fourth-order valence-electron chi connectivity index (χ4n) is 1.35. The lowest BCUT2D eigenvalue weighted by Crippen LogP contribution is -2.25. The first-order valence-electron chi connectivity index (χ1n) is 5.59. The van der Waals surface area contributed by atoms with Crippen molar-refractivity contribution < 1.29 is 0 Å². The van der Waals surface area contributed by atoms with Gasteiger partial charge >= 0.3 is 0 Å².